The minimum Gasteiger partial charge on any atom is -0.378 e. The van der Waals surface area contributed by atoms with Crippen LogP contribution in [0, 0.1) is 6.92 Å². The summed E-state index contributed by atoms with van der Waals surface area (Å²) in [6, 6.07) is 18.5. The van der Waals surface area contributed by atoms with Gasteiger partial charge in [-0.05, 0) is 42.8 Å². The normalized spacial score (nSPS) is 17.0. The van der Waals surface area contributed by atoms with Crippen LogP contribution in [-0.2, 0) is 21.1 Å². The maximum Gasteiger partial charge on any atom is 0.259 e. The second-order valence-electron chi connectivity index (χ2n) is 8.47. The molecule has 0 radical (unpaired) electrons. The second-order valence-corrected chi connectivity index (χ2v) is 10.4. The van der Waals surface area contributed by atoms with Crippen LogP contribution in [0.25, 0.3) is 0 Å². The Morgan fingerprint density at radius 1 is 0.941 bits per heavy atom. The Kier molecular flexibility index (Phi) is 5.71. The average Bonchev–Trinajstić information content (AvgIpc) is 2.92. The van der Waals surface area contributed by atoms with E-state index in [-0.39, 0.29) is 33.5 Å². The molecule has 7 nitrogen and oxygen atoms in total. The number of carbonyl (C=O) groups is 2. The van der Waals surface area contributed by atoms with Crippen molar-refractivity contribution >= 4 is 27.3 Å². The van der Waals surface area contributed by atoms with E-state index in [1.54, 1.807) is 17.0 Å². The first-order valence-electron chi connectivity index (χ1n) is 11.1. The lowest BCUT2D eigenvalue weighted by atomic mass is 10.1. The number of nitrogens with zero attached hydrogens (tertiary/aromatic N) is 2. The molecule has 174 valence electrons. The van der Waals surface area contributed by atoms with E-state index >= 15 is 0 Å². The standard InChI is InChI=1S/C26H24N2O5S/c1-18-5-4-6-19(15-18)17-28-22-16-20(25(29)27-11-13-33-14-12-27)9-10-24(22)34(31,32)23-8-3-2-7-21(23)26(28)30/h2-10,15-16H,11-14,17H2,1H3. The van der Waals surface area contributed by atoms with Crippen molar-refractivity contribution in [1.82, 2.24) is 4.90 Å². The van der Waals surface area contributed by atoms with E-state index in [1.165, 1.54) is 35.2 Å². The number of hydrogen-bond acceptors (Lipinski definition) is 5. The molecule has 0 unspecified atom stereocenters. The molecule has 0 aliphatic carbocycles. The number of benzene rings is 3. The first kappa shape index (κ1) is 22.3. The van der Waals surface area contributed by atoms with Gasteiger partial charge in [-0.2, -0.15) is 0 Å². The second kappa shape index (κ2) is 8.70. The minimum atomic E-state index is -3.98. The van der Waals surface area contributed by atoms with E-state index in [0.717, 1.165) is 11.1 Å². The van der Waals surface area contributed by atoms with Crippen molar-refractivity contribution < 1.29 is 22.7 Å². The van der Waals surface area contributed by atoms with Gasteiger partial charge >= 0.3 is 0 Å². The highest BCUT2D eigenvalue weighted by Crippen LogP contribution is 2.38. The van der Waals surface area contributed by atoms with Gasteiger partial charge in [0.05, 0.1) is 40.8 Å². The summed E-state index contributed by atoms with van der Waals surface area (Å²) in [5, 5.41) is 0. The fourth-order valence-corrected chi connectivity index (χ4v) is 6.07. The molecule has 2 heterocycles. The lowest BCUT2D eigenvalue weighted by molar-refractivity contribution is 0.0303. The highest BCUT2D eigenvalue weighted by molar-refractivity contribution is 7.91. The van der Waals surface area contributed by atoms with E-state index in [4.69, 9.17) is 4.74 Å². The molecule has 0 saturated carbocycles. The fourth-order valence-electron chi connectivity index (χ4n) is 4.44. The van der Waals surface area contributed by atoms with Crippen LogP contribution in [0.15, 0.2) is 76.5 Å². The number of amides is 2. The van der Waals surface area contributed by atoms with Gasteiger partial charge in [0.15, 0.2) is 0 Å². The van der Waals surface area contributed by atoms with Gasteiger partial charge in [-0.15, -0.1) is 0 Å². The predicted octanol–water partition coefficient (Wildman–Crippen LogP) is 3.46. The van der Waals surface area contributed by atoms with Gasteiger partial charge in [-0.1, -0.05) is 42.0 Å². The van der Waals surface area contributed by atoms with Gasteiger partial charge in [-0.3, -0.25) is 9.59 Å². The molecule has 3 aromatic rings. The Morgan fingerprint density at radius 2 is 1.71 bits per heavy atom. The highest BCUT2D eigenvalue weighted by atomic mass is 32.2. The van der Waals surface area contributed by atoms with E-state index in [9.17, 15) is 18.0 Å². The molecule has 0 N–H and O–H groups in total. The Bertz CT molecular complexity index is 1390. The maximum absolute atomic E-state index is 13.7. The van der Waals surface area contributed by atoms with E-state index in [2.05, 4.69) is 0 Å². The van der Waals surface area contributed by atoms with E-state index in [1.807, 2.05) is 31.2 Å². The molecular weight excluding hydrogens is 452 g/mol. The number of morpholine rings is 1. The number of fused-ring (bicyclic) bond motifs is 2. The third-order valence-electron chi connectivity index (χ3n) is 6.16. The molecule has 0 aromatic heterocycles. The first-order chi connectivity index (χ1) is 16.4. The molecule has 3 aromatic carbocycles. The molecule has 8 heteroatoms. The summed E-state index contributed by atoms with van der Waals surface area (Å²) in [7, 11) is -3.98. The minimum absolute atomic E-state index is 0.0111. The fraction of sp³-hybridized carbons (Fsp3) is 0.231. The smallest absolute Gasteiger partial charge is 0.259 e. The van der Waals surface area contributed by atoms with Gasteiger partial charge in [0.2, 0.25) is 9.84 Å². The average molecular weight is 477 g/mol. The zero-order chi connectivity index (χ0) is 23.9. The summed E-state index contributed by atoms with van der Waals surface area (Å²) in [4.78, 5) is 30.0. The lowest BCUT2D eigenvalue weighted by Crippen LogP contribution is -2.40. The summed E-state index contributed by atoms with van der Waals surface area (Å²) < 4.78 is 32.5. The molecule has 34 heavy (non-hydrogen) atoms. The number of carbonyl (C=O) groups excluding carboxylic acids is 2. The Labute approximate surface area is 198 Å². The summed E-state index contributed by atoms with van der Waals surface area (Å²) in [5.74, 6) is -0.636. The number of aryl methyl sites for hydroxylation is 1. The molecule has 2 aliphatic heterocycles. The van der Waals surface area contributed by atoms with Gasteiger partial charge in [0, 0.05) is 18.7 Å². The molecule has 2 amide bonds. The third-order valence-corrected chi connectivity index (χ3v) is 8.02. The number of rotatable bonds is 3. The molecule has 0 atom stereocenters. The summed E-state index contributed by atoms with van der Waals surface area (Å²) in [6.07, 6.45) is 0. The Morgan fingerprint density at radius 3 is 2.47 bits per heavy atom. The van der Waals surface area contributed by atoms with Crippen LogP contribution in [0.4, 0.5) is 5.69 Å². The molecule has 1 fully saturated rings. The van der Waals surface area contributed by atoms with Crippen LogP contribution in [0.5, 0.6) is 0 Å². The lowest BCUT2D eigenvalue weighted by Gasteiger charge is -2.28. The first-order valence-corrected chi connectivity index (χ1v) is 12.6. The summed E-state index contributed by atoms with van der Waals surface area (Å²) >= 11 is 0. The number of sulfone groups is 1. The summed E-state index contributed by atoms with van der Waals surface area (Å²) in [5.41, 5.74) is 2.56. The van der Waals surface area contributed by atoms with Crippen molar-refractivity contribution in [1.29, 1.82) is 0 Å². The van der Waals surface area contributed by atoms with Gasteiger partial charge in [0.1, 0.15) is 0 Å². The quantitative estimate of drug-likeness (QED) is 0.578. The van der Waals surface area contributed by atoms with Crippen LogP contribution in [0.1, 0.15) is 31.8 Å². The predicted molar refractivity (Wildman–Crippen MR) is 127 cm³/mol. The molecular formula is C26H24N2O5S. The maximum atomic E-state index is 13.7. The Balaban J connectivity index is 1.67. The zero-order valence-electron chi connectivity index (χ0n) is 18.7. The van der Waals surface area contributed by atoms with Crippen molar-refractivity contribution in [3.05, 3.63) is 89.0 Å². The largest absolute Gasteiger partial charge is 0.378 e. The third kappa shape index (κ3) is 3.89. The number of hydrogen-bond donors (Lipinski definition) is 0. The number of ether oxygens (including phenoxy) is 1. The van der Waals surface area contributed by atoms with E-state index < -0.39 is 15.7 Å². The van der Waals surface area contributed by atoms with Crippen molar-refractivity contribution in [3.63, 3.8) is 0 Å². The van der Waals surface area contributed by atoms with Gasteiger partial charge in [0.25, 0.3) is 11.8 Å². The van der Waals surface area contributed by atoms with Crippen LogP contribution in [0.3, 0.4) is 0 Å². The van der Waals surface area contributed by atoms with Crippen LogP contribution in [-0.4, -0.2) is 51.4 Å². The number of anilines is 1. The van der Waals surface area contributed by atoms with Crippen molar-refractivity contribution in [3.8, 4) is 0 Å². The summed E-state index contributed by atoms with van der Waals surface area (Å²) in [6.45, 7) is 3.97. The Hall–Kier alpha value is -3.49. The van der Waals surface area contributed by atoms with Crippen molar-refractivity contribution in [2.24, 2.45) is 0 Å². The van der Waals surface area contributed by atoms with Crippen LogP contribution in [0.2, 0.25) is 0 Å². The topological polar surface area (TPSA) is 84.0 Å². The van der Waals surface area contributed by atoms with E-state index in [0.29, 0.717) is 31.9 Å². The highest BCUT2D eigenvalue weighted by Gasteiger charge is 2.36. The SMILES string of the molecule is Cc1cccc(CN2C(=O)c3ccccc3S(=O)(=O)c3ccc(C(=O)N4CCOCC4)cc32)c1. The van der Waals surface area contributed by atoms with Crippen LogP contribution >= 0.6 is 0 Å². The zero-order valence-corrected chi connectivity index (χ0v) is 19.5. The van der Waals surface area contributed by atoms with Gasteiger partial charge in [-0.25, -0.2) is 8.42 Å². The van der Waals surface area contributed by atoms with Crippen molar-refractivity contribution in [2.45, 2.75) is 23.3 Å². The molecule has 0 bridgehead atoms. The molecule has 0 spiro atoms. The van der Waals surface area contributed by atoms with Crippen molar-refractivity contribution in [2.75, 3.05) is 31.2 Å². The monoisotopic (exact) mass is 476 g/mol. The molecule has 5 rings (SSSR count). The molecule has 2 aliphatic rings. The molecule has 1 saturated heterocycles. The van der Waals surface area contributed by atoms with Crippen LogP contribution < -0.4 is 4.90 Å². The van der Waals surface area contributed by atoms with Gasteiger partial charge < -0.3 is 14.5 Å².